The standard InChI is InChI=1S/C13H13F6N.ClH/c1-7(20-11-2-3-11)8-4-9(12(14,15)16)6-10(5-8)13(17,18)19;/h4-7,11,20H,2-3H2,1H3;1H. The van der Waals surface area contributed by atoms with Crippen LogP contribution in [0.4, 0.5) is 26.3 Å². The number of benzene rings is 1. The zero-order valence-electron chi connectivity index (χ0n) is 11.0. The third-order valence-corrected chi connectivity index (χ3v) is 3.17. The molecule has 8 heteroatoms. The van der Waals surface area contributed by atoms with Gasteiger partial charge < -0.3 is 5.32 Å². The molecule has 0 bridgehead atoms. The van der Waals surface area contributed by atoms with E-state index in [9.17, 15) is 26.3 Å². The summed E-state index contributed by atoms with van der Waals surface area (Å²) in [5.41, 5.74) is -2.54. The van der Waals surface area contributed by atoms with Crippen LogP contribution in [0, 0.1) is 0 Å². The summed E-state index contributed by atoms with van der Waals surface area (Å²) in [6.07, 6.45) is -7.80. The van der Waals surface area contributed by atoms with E-state index in [-0.39, 0.29) is 30.1 Å². The Kier molecular flexibility index (Phi) is 5.21. The molecule has 1 saturated carbocycles. The molecule has 21 heavy (non-hydrogen) atoms. The third-order valence-electron chi connectivity index (χ3n) is 3.17. The lowest BCUT2D eigenvalue weighted by atomic mass is 10.0. The topological polar surface area (TPSA) is 12.0 Å². The van der Waals surface area contributed by atoms with Gasteiger partial charge in [0.2, 0.25) is 0 Å². The van der Waals surface area contributed by atoms with Crippen molar-refractivity contribution in [1.29, 1.82) is 0 Å². The van der Waals surface area contributed by atoms with Gasteiger partial charge in [-0.05, 0) is 43.5 Å². The van der Waals surface area contributed by atoms with E-state index in [2.05, 4.69) is 5.32 Å². The molecule has 0 spiro atoms. The van der Waals surface area contributed by atoms with Crippen molar-refractivity contribution in [2.45, 2.75) is 44.2 Å². The van der Waals surface area contributed by atoms with Crippen molar-refractivity contribution >= 4 is 12.4 Å². The molecular weight excluding hydrogens is 320 g/mol. The van der Waals surface area contributed by atoms with Gasteiger partial charge in [0.05, 0.1) is 11.1 Å². The van der Waals surface area contributed by atoms with Gasteiger partial charge in [0.15, 0.2) is 0 Å². The molecule has 0 amide bonds. The molecule has 120 valence electrons. The molecule has 1 N–H and O–H groups in total. The first-order valence-electron chi connectivity index (χ1n) is 6.13. The highest BCUT2D eigenvalue weighted by atomic mass is 35.5. The number of alkyl halides is 6. The zero-order valence-corrected chi connectivity index (χ0v) is 11.8. The van der Waals surface area contributed by atoms with Crippen molar-refractivity contribution < 1.29 is 26.3 Å². The number of rotatable bonds is 3. The maximum absolute atomic E-state index is 12.7. The second-order valence-electron chi connectivity index (χ2n) is 5.00. The van der Waals surface area contributed by atoms with Crippen LogP contribution in [0.3, 0.4) is 0 Å². The molecule has 0 aliphatic heterocycles. The summed E-state index contributed by atoms with van der Waals surface area (Å²) in [6.45, 7) is 1.56. The van der Waals surface area contributed by atoms with Crippen molar-refractivity contribution in [3.63, 3.8) is 0 Å². The van der Waals surface area contributed by atoms with E-state index in [0.717, 1.165) is 25.0 Å². The highest BCUT2D eigenvalue weighted by molar-refractivity contribution is 5.85. The van der Waals surface area contributed by atoms with Crippen molar-refractivity contribution in [2.75, 3.05) is 0 Å². The smallest absolute Gasteiger partial charge is 0.307 e. The Morgan fingerprint density at radius 1 is 0.952 bits per heavy atom. The lowest BCUT2D eigenvalue weighted by molar-refractivity contribution is -0.143. The molecule has 0 radical (unpaired) electrons. The number of hydrogen-bond acceptors (Lipinski definition) is 1. The van der Waals surface area contributed by atoms with E-state index in [1.54, 1.807) is 6.92 Å². The summed E-state index contributed by atoms with van der Waals surface area (Å²) in [5, 5.41) is 2.99. The van der Waals surface area contributed by atoms with E-state index < -0.39 is 29.5 Å². The molecule has 1 aromatic carbocycles. The number of nitrogens with one attached hydrogen (secondary N) is 1. The number of halogens is 7. The minimum Gasteiger partial charge on any atom is -0.307 e. The van der Waals surface area contributed by atoms with Crippen LogP contribution < -0.4 is 5.32 Å². The van der Waals surface area contributed by atoms with Gasteiger partial charge in [0.25, 0.3) is 0 Å². The fraction of sp³-hybridized carbons (Fsp3) is 0.538. The van der Waals surface area contributed by atoms with Crippen molar-refractivity contribution in [1.82, 2.24) is 5.32 Å². The molecule has 1 nitrogen and oxygen atoms in total. The molecule has 1 aliphatic rings. The van der Waals surface area contributed by atoms with E-state index in [1.807, 2.05) is 0 Å². The summed E-state index contributed by atoms with van der Waals surface area (Å²) in [5.74, 6) is 0. The van der Waals surface area contributed by atoms with Crippen LogP contribution in [0.5, 0.6) is 0 Å². The third kappa shape index (κ3) is 4.78. The molecule has 2 rings (SSSR count). The first-order chi connectivity index (χ1) is 9.07. The summed E-state index contributed by atoms with van der Waals surface area (Å²) in [6, 6.07) is 1.33. The van der Waals surface area contributed by atoms with E-state index >= 15 is 0 Å². The van der Waals surface area contributed by atoms with E-state index in [0.29, 0.717) is 0 Å². The predicted octanol–water partition coefficient (Wildman–Crippen LogP) is 4.96. The minimum atomic E-state index is -4.80. The van der Waals surface area contributed by atoms with Crippen molar-refractivity contribution in [3.05, 3.63) is 34.9 Å². The molecule has 0 saturated heterocycles. The molecule has 1 fully saturated rings. The Hall–Kier alpha value is -0.950. The quantitative estimate of drug-likeness (QED) is 0.771. The van der Waals surface area contributed by atoms with Crippen LogP contribution in [0.15, 0.2) is 18.2 Å². The normalized spacial score (nSPS) is 17.3. The average Bonchev–Trinajstić information content (AvgIpc) is 3.10. The summed E-state index contributed by atoms with van der Waals surface area (Å²) >= 11 is 0. The minimum absolute atomic E-state index is 0. The summed E-state index contributed by atoms with van der Waals surface area (Å²) in [7, 11) is 0. The van der Waals surface area contributed by atoms with Gasteiger partial charge >= 0.3 is 12.4 Å². The highest BCUT2D eigenvalue weighted by Gasteiger charge is 2.37. The van der Waals surface area contributed by atoms with Crippen molar-refractivity contribution in [3.8, 4) is 0 Å². The first kappa shape index (κ1) is 18.1. The first-order valence-corrected chi connectivity index (χ1v) is 6.13. The van der Waals surface area contributed by atoms with Crippen LogP contribution in [0.2, 0.25) is 0 Å². The Morgan fingerprint density at radius 2 is 1.38 bits per heavy atom. The van der Waals surface area contributed by atoms with E-state index in [4.69, 9.17) is 0 Å². The van der Waals surface area contributed by atoms with Gasteiger partial charge in [0.1, 0.15) is 0 Å². The maximum atomic E-state index is 12.7. The second-order valence-corrected chi connectivity index (χ2v) is 5.00. The summed E-state index contributed by atoms with van der Waals surface area (Å²) < 4.78 is 76.1. The van der Waals surface area contributed by atoms with Gasteiger partial charge in [-0.15, -0.1) is 12.4 Å². The van der Waals surface area contributed by atoms with Crippen LogP contribution in [-0.2, 0) is 12.4 Å². The van der Waals surface area contributed by atoms with Gasteiger partial charge in [-0.2, -0.15) is 26.3 Å². The fourth-order valence-corrected chi connectivity index (χ4v) is 1.93. The Bertz CT molecular complexity index is 460. The molecular formula is C13H14ClF6N. The summed E-state index contributed by atoms with van der Waals surface area (Å²) in [4.78, 5) is 0. The predicted molar refractivity (Wildman–Crippen MR) is 68.3 cm³/mol. The second kappa shape index (κ2) is 6.04. The number of hydrogen-bond donors (Lipinski definition) is 1. The maximum Gasteiger partial charge on any atom is 0.416 e. The SMILES string of the molecule is CC(NC1CC1)c1cc(C(F)(F)F)cc(C(F)(F)F)c1.Cl. The Labute approximate surface area is 124 Å². The van der Waals surface area contributed by atoms with E-state index in [1.165, 1.54) is 0 Å². The lowest BCUT2D eigenvalue weighted by Crippen LogP contribution is -2.22. The van der Waals surface area contributed by atoms with Gasteiger partial charge in [-0.25, -0.2) is 0 Å². The molecule has 1 aliphatic carbocycles. The average molecular weight is 334 g/mol. The highest BCUT2D eigenvalue weighted by Crippen LogP contribution is 2.37. The Balaban J connectivity index is 0.00000220. The van der Waals surface area contributed by atoms with Crippen LogP contribution in [-0.4, -0.2) is 6.04 Å². The van der Waals surface area contributed by atoms with Crippen LogP contribution in [0.1, 0.15) is 42.5 Å². The van der Waals surface area contributed by atoms with Crippen molar-refractivity contribution in [2.24, 2.45) is 0 Å². The molecule has 0 heterocycles. The Morgan fingerprint density at radius 3 is 1.71 bits per heavy atom. The fourth-order valence-electron chi connectivity index (χ4n) is 1.93. The van der Waals surface area contributed by atoms with Gasteiger partial charge in [0, 0.05) is 12.1 Å². The molecule has 1 unspecified atom stereocenters. The van der Waals surface area contributed by atoms with Gasteiger partial charge in [-0.3, -0.25) is 0 Å². The molecule has 1 aromatic rings. The largest absolute Gasteiger partial charge is 0.416 e. The van der Waals surface area contributed by atoms with Crippen LogP contribution in [0.25, 0.3) is 0 Å². The molecule has 0 aromatic heterocycles. The lowest BCUT2D eigenvalue weighted by Gasteiger charge is -2.18. The monoisotopic (exact) mass is 333 g/mol. The zero-order chi connectivity index (χ0) is 15.1. The van der Waals surface area contributed by atoms with Gasteiger partial charge in [-0.1, -0.05) is 0 Å². The molecule has 1 atom stereocenters. The van der Waals surface area contributed by atoms with Crippen LogP contribution >= 0.6 is 12.4 Å².